The molecule has 102 valence electrons. The third-order valence-electron chi connectivity index (χ3n) is 3.73. The van der Waals surface area contributed by atoms with Crippen molar-refractivity contribution in [1.82, 2.24) is 5.32 Å². The van der Waals surface area contributed by atoms with Crippen molar-refractivity contribution in [1.29, 1.82) is 0 Å². The van der Waals surface area contributed by atoms with E-state index in [4.69, 9.17) is 11.6 Å². The van der Waals surface area contributed by atoms with E-state index in [1.165, 1.54) is 24.8 Å². The maximum Gasteiger partial charge on any atom is 0.0406 e. The zero-order valence-electron chi connectivity index (χ0n) is 12.0. The molecule has 1 N–H and O–H groups in total. The molecule has 1 nitrogen and oxygen atoms in total. The van der Waals surface area contributed by atoms with Crippen molar-refractivity contribution in [3.05, 3.63) is 34.9 Å². The fourth-order valence-electron chi connectivity index (χ4n) is 2.21. The van der Waals surface area contributed by atoms with Gasteiger partial charge in [0.1, 0.15) is 0 Å². The molecule has 1 aromatic rings. The molecule has 0 bridgehead atoms. The SMILES string of the molecule is CCC(C)CC(CC)N[C@@H](C)c1ccc(Cl)cc1. The largest absolute Gasteiger partial charge is 0.307 e. The highest BCUT2D eigenvalue weighted by Crippen LogP contribution is 2.19. The van der Waals surface area contributed by atoms with Crippen LogP contribution < -0.4 is 5.32 Å². The Balaban J connectivity index is 2.56. The molecule has 3 atom stereocenters. The Morgan fingerprint density at radius 3 is 2.17 bits per heavy atom. The first-order valence-corrected chi connectivity index (χ1v) is 7.46. The minimum atomic E-state index is 0.385. The molecule has 0 amide bonds. The van der Waals surface area contributed by atoms with Gasteiger partial charge in [-0.3, -0.25) is 0 Å². The maximum atomic E-state index is 5.92. The first-order chi connectivity index (χ1) is 8.56. The van der Waals surface area contributed by atoms with Crippen LogP contribution in [0.5, 0.6) is 0 Å². The van der Waals surface area contributed by atoms with Gasteiger partial charge in [0.15, 0.2) is 0 Å². The standard InChI is InChI=1S/C16H26ClN/c1-5-12(3)11-16(6-2)18-13(4)14-7-9-15(17)10-8-14/h7-10,12-13,16,18H,5-6,11H2,1-4H3/t12?,13-,16?/m0/s1. The number of hydrogen-bond acceptors (Lipinski definition) is 1. The fourth-order valence-corrected chi connectivity index (χ4v) is 2.33. The molecule has 18 heavy (non-hydrogen) atoms. The number of nitrogens with one attached hydrogen (secondary N) is 1. The normalized spacial score (nSPS) is 16.3. The van der Waals surface area contributed by atoms with Gasteiger partial charge in [-0.05, 0) is 43.4 Å². The predicted octanol–water partition coefficient (Wildman–Crippen LogP) is 5.21. The third-order valence-corrected chi connectivity index (χ3v) is 3.98. The summed E-state index contributed by atoms with van der Waals surface area (Å²) in [5, 5.41) is 4.53. The Kier molecular flexibility index (Phi) is 6.73. The van der Waals surface area contributed by atoms with Crippen molar-refractivity contribution in [2.45, 2.75) is 59.0 Å². The van der Waals surface area contributed by atoms with Crippen LogP contribution in [-0.2, 0) is 0 Å². The molecule has 0 saturated heterocycles. The number of hydrogen-bond donors (Lipinski definition) is 1. The van der Waals surface area contributed by atoms with Gasteiger partial charge in [-0.25, -0.2) is 0 Å². The number of halogens is 1. The lowest BCUT2D eigenvalue weighted by Crippen LogP contribution is -2.32. The zero-order chi connectivity index (χ0) is 13.5. The van der Waals surface area contributed by atoms with Crippen LogP contribution in [0.1, 0.15) is 58.6 Å². The second-order valence-electron chi connectivity index (χ2n) is 5.29. The number of benzene rings is 1. The van der Waals surface area contributed by atoms with Crippen LogP contribution in [0.15, 0.2) is 24.3 Å². The lowest BCUT2D eigenvalue weighted by molar-refractivity contribution is 0.359. The van der Waals surface area contributed by atoms with Crippen LogP contribution in [0.25, 0.3) is 0 Å². The average Bonchev–Trinajstić information content (AvgIpc) is 2.38. The van der Waals surface area contributed by atoms with Crippen LogP contribution in [-0.4, -0.2) is 6.04 Å². The van der Waals surface area contributed by atoms with Crippen molar-refractivity contribution >= 4 is 11.6 Å². The van der Waals surface area contributed by atoms with Gasteiger partial charge < -0.3 is 5.32 Å². The van der Waals surface area contributed by atoms with Crippen molar-refractivity contribution in [3.8, 4) is 0 Å². The summed E-state index contributed by atoms with van der Waals surface area (Å²) < 4.78 is 0. The maximum absolute atomic E-state index is 5.92. The second kappa shape index (κ2) is 7.81. The van der Waals surface area contributed by atoms with Crippen LogP contribution >= 0.6 is 11.6 Å². The molecule has 0 aliphatic heterocycles. The van der Waals surface area contributed by atoms with Crippen LogP contribution in [0.4, 0.5) is 0 Å². The molecule has 1 aromatic carbocycles. The minimum absolute atomic E-state index is 0.385. The van der Waals surface area contributed by atoms with Crippen molar-refractivity contribution in [3.63, 3.8) is 0 Å². The lowest BCUT2D eigenvalue weighted by Gasteiger charge is -2.25. The molecule has 2 heteroatoms. The second-order valence-corrected chi connectivity index (χ2v) is 5.73. The molecule has 0 spiro atoms. The minimum Gasteiger partial charge on any atom is -0.307 e. The summed E-state index contributed by atoms with van der Waals surface area (Å²) in [6.07, 6.45) is 3.70. The molecule has 1 rings (SSSR count). The molecule has 0 aliphatic carbocycles. The van der Waals surface area contributed by atoms with E-state index in [1.807, 2.05) is 12.1 Å². The summed E-state index contributed by atoms with van der Waals surface area (Å²) in [7, 11) is 0. The Bertz CT molecular complexity index is 333. The van der Waals surface area contributed by atoms with E-state index in [1.54, 1.807) is 0 Å². The summed E-state index contributed by atoms with van der Waals surface area (Å²) in [4.78, 5) is 0. The molecular formula is C16H26ClN. The molecule has 0 radical (unpaired) electrons. The Hall–Kier alpha value is -0.530. The predicted molar refractivity (Wildman–Crippen MR) is 81.2 cm³/mol. The topological polar surface area (TPSA) is 12.0 Å². The van der Waals surface area contributed by atoms with Gasteiger partial charge in [0, 0.05) is 17.1 Å². The highest BCUT2D eigenvalue weighted by atomic mass is 35.5. The average molecular weight is 268 g/mol. The van der Waals surface area contributed by atoms with Crippen molar-refractivity contribution in [2.24, 2.45) is 5.92 Å². The number of rotatable bonds is 7. The van der Waals surface area contributed by atoms with E-state index < -0.39 is 0 Å². The smallest absolute Gasteiger partial charge is 0.0406 e. The van der Waals surface area contributed by atoms with E-state index in [0.717, 1.165) is 10.9 Å². The van der Waals surface area contributed by atoms with Crippen LogP contribution in [0, 0.1) is 5.92 Å². The molecule has 0 heterocycles. The van der Waals surface area contributed by atoms with E-state index in [0.29, 0.717) is 12.1 Å². The van der Waals surface area contributed by atoms with E-state index in [-0.39, 0.29) is 0 Å². The molecule has 0 aromatic heterocycles. The summed E-state index contributed by atoms with van der Waals surface area (Å²) in [5.74, 6) is 0.792. The first kappa shape index (κ1) is 15.5. The van der Waals surface area contributed by atoms with Crippen LogP contribution in [0.3, 0.4) is 0 Å². The van der Waals surface area contributed by atoms with Gasteiger partial charge in [-0.1, -0.05) is 50.9 Å². The Morgan fingerprint density at radius 1 is 1.06 bits per heavy atom. The monoisotopic (exact) mass is 267 g/mol. The van der Waals surface area contributed by atoms with Crippen LogP contribution in [0.2, 0.25) is 5.02 Å². The van der Waals surface area contributed by atoms with Gasteiger partial charge in [0.25, 0.3) is 0 Å². The summed E-state index contributed by atoms with van der Waals surface area (Å²) in [6.45, 7) is 9.08. The molecule has 2 unspecified atom stereocenters. The molecule has 0 fully saturated rings. The van der Waals surface area contributed by atoms with Gasteiger partial charge in [0.2, 0.25) is 0 Å². The highest BCUT2D eigenvalue weighted by molar-refractivity contribution is 6.30. The fraction of sp³-hybridized carbons (Fsp3) is 0.625. The van der Waals surface area contributed by atoms with Gasteiger partial charge in [-0.15, -0.1) is 0 Å². The molecular weight excluding hydrogens is 242 g/mol. The lowest BCUT2D eigenvalue weighted by atomic mass is 9.96. The van der Waals surface area contributed by atoms with Crippen molar-refractivity contribution in [2.75, 3.05) is 0 Å². The Labute approximate surface area is 117 Å². The Morgan fingerprint density at radius 2 is 1.67 bits per heavy atom. The molecule has 0 saturated carbocycles. The van der Waals surface area contributed by atoms with E-state index in [9.17, 15) is 0 Å². The quantitative estimate of drug-likeness (QED) is 0.715. The summed E-state index contributed by atoms with van der Waals surface area (Å²) in [5.41, 5.74) is 1.31. The highest BCUT2D eigenvalue weighted by Gasteiger charge is 2.14. The molecule has 0 aliphatic rings. The van der Waals surface area contributed by atoms with Crippen molar-refractivity contribution < 1.29 is 0 Å². The third kappa shape index (κ3) is 4.99. The van der Waals surface area contributed by atoms with Gasteiger partial charge in [-0.2, -0.15) is 0 Å². The zero-order valence-corrected chi connectivity index (χ0v) is 12.8. The van der Waals surface area contributed by atoms with Gasteiger partial charge in [0.05, 0.1) is 0 Å². The first-order valence-electron chi connectivity index (χ1n) is 7.08. The van der Waals surface area contributed by atoms with Gasteiger partial charge >= 0.3 is 0 Å². The summed E-state index contributed by atoms with van der Waals surface area (Å²) >= 11 is 5.92. The van der Waals surface area contributed by atoms with E-state index in [2.05, 4.69) is 45.1 Å². The van der Waals surface area contributed by atoms with E-state index >= 15 is 0 Å². The summed E-state index contributed by atoms with van der Waals surface area (Å²) in [6, 6.07) is 9.13.